The molecule has 0 atom stereocenters. The van der Waals surface area contributed by atoms with E-state index in [9.17, 15) is 9.90 Å². The van der Waals surface area contributed by atoms with Gasteiger partial charge in [-0.3, -0.25) is 4.90 Å². The number of halogens is 1. The summed E-state index contributed by atoms with van der Waals surface area (Å²) >= 11 is 3.46. The van der Waals surface area contributed by atoms with Gasteiger partial charge in [0.15, 0.2) is 5.69 Å². The lowest BCUT2D eigenvalue weighted by molar-refractivity contribution is -0.0696. The zero-order valence-corrected chi connectivity index (χ0v) is 14.0. The monoisotopic (exact) mass is 377 g/mol. The Morgan fingerprint density at radius 2 is 2.22 bits per heavy atom. The molecule has 6 nitrogen and oxygen atoms in total. The fraction of sp³-hybridized carbons (Fsp3) is 0.375. The van der Waals surface area contributed by atoms with Gasteiger partial charge in [-0.2, -0.15) is 5.10 Å². The van der Waals surface area contributed by atoms with E-state index in [2.05, 4.69) is 25.9 Å². The Morgan fingerprint density at radius 3 is 2.87 bits per heavy atom. The molecule has 0 amide bonds. The van der Waals surface area contributed by atoms with Gasteiger partial charge in [0.1, 0.15) is 0 Å². The van der Waals surface area contributed by atoms with Crippen molar-refractivity contribution < 1.29 is 14.6 Å². The number of ether oxygens (including phenoxy) is 1. The van der Waals surface area contributed by atoms with Crippen molar-refractivity contribution in [1.29, 1.82) is 0 Å². The number of nitrogens with zero attached hydrogens (tertiary/aromatic N) is 3. The number of benzene rings is 1. The van der Waals surface area contributed by atoms with Gasteiger partial charge < -0.3 is 9.84 Å². The molecule has 0 radical (unpaired) electrons. The van der Waals surface area contributed by atoms with Crippen molar-refractivity contribution in [2.45, 2.75) is 19.0 Å². The number of aromatic carboxylic acids is 1. The normalized spacial score (nSPS) is 18.5. The van der Waals surface area contributed by atoms with Crippen LogP contribution in [0.15, 0.2) is 28.7 Å². The average Bonchev–Trinajstić information content (AvgIpc) is 2.84. The van der Waals surface area contributed by atoms with Crippen molar-refractivity contribution in [2.75, 3.05) is 19.8 Å². The predicted octanol–water partition coefficient (Wildman–Crippen LogP) is 2.09. The van der Waals surface area contributed by atoms with E-state index in [4.69, 9.17) is 4.74 Å². The summed E-state index contributed by atoms with van der Waals surface area (Å²) in [7, 11) is 0. The van der Waals surface area contributed by atoms with Crippen LogP contribution in [-0.4, -0.2) is 51.6 Å². The number of carboxylic acids is 1. The molecule has 120 valence electrons. The maximum Gasteiger partial charge on any atom is 0.356 e. The third kappa shape index (κ3) is 2.58. The Labute approximate surface area is 141 Å². The molecule has 0 unspecified atom stereocenters. The van der Waals surface area contributed by atoms with Crippen molar-refractivity contribution in [3.8, 4) is 5.69 Å². The molecule has 1 N–H and O–H groups in total. The number of hydrogen-bond acceptors (Lipinski definition) is 4. The second-order valence-corrected chi connectivity index (χ2v) is 6.80. The first kappa shape index (κ1) is 14.9. The molecular formula is C16H16BrN3O3. The van der Waals surface area contributed by atoms with Gasteiger partial charge in [-0.15, -0.1) is 0 Å². The Kier molecular flexibility index (Phi) is 3.71. The minimum Gasteiger partial charge on any atom is -0.476 e. The first-order chi connectivity index (χ1) is 11.1. The van der Waals surface area contributed by atoms with Crippen LogP contribution in [0.4, 0.5) is 0 Å². The van der Waals surface area contributed by atoms with Crippen LogP contribution < -0.4 is 0 Å². The highest BCUT2D eigenvalue weighted by Gasteiger charge is 2.33. The highest BCUT2D eigenvalue weighted by molar-refractivity contribution is 9.10. The van der Waals surface area contributed by atoms with Gasteiger partial charge in [-0.25, -0.2) is 9.48 Å². The van der Waals surface area contributed by atoms with Crippen LogP contribution >= 0.6 is 15.9 Å². The van der Waals surface area contributed by atoms with Crippen molar-refractivity contribution in [2.24, 2.45) is 0 Å². The number of carbonyl (C=O) groups is 1. The summed E-state index contributed by atoms with van der Waals surface area (Å²) in [6.45, 7) is 2.99. The van der Waals surface area contributed by atoms with Crippen LogP contribution in [0.1, 0.15) is 21.7 Å². The number of fused-ring (bicyclic) bond motifs is 1. The summed E-state index contributed by atoms with van der Waals surface area (Å²) in [6, 6.07) is 8.16. The first-order valence-electron chi connectivity index (χ1n) is 7.55. The summed E-state index contributed by atoms with van der Waals surface area (Å²) < 4.78 is 7.98. The van der Waals surface area contributed by atoms with Gasteiger partial charge >= 0.3 is 5.97 Å². The van der Waals surface area contributed by atoms with Crippen LogP contribution in [0.5, 0.6) is 0 Å². The molecule has 7 heteroatoms. The van der Waals surface area contributed by atoms with Crippen LogP contribution in [0.3, 0.4) is 0 Å². The van der Waals surface area contributed by atoms with E-state index in [1.54, 1.807) is 4.68 Å². The topological polar surface area (TPSA) is 67.6 Å². The second kappa shape index (κ2) is 5.74. The Morgan fingerprint density at radius 1 is 1.39 bits per heavy atom. The molecule has 1 aromatic carbocycles. The van der Waals surface area contributed by atoms with Crippen LogP contribution in [0, 0.1) is 0 Å². The predicted molar refractivity (Wildman–Crippen MR) is 86.9 cm³/mol. The largest absolute Gasteiger partial charge is 0.476 e. The van der Waals surface area contributed by atoms with Crippen LogP contribution in [0.25, 0.3) is 5.69 Å². The second-order valence-electron chi connectivity index (χ2n) is 5.88. The molecule has 1 fully saturated rings. The molecule has 3 heterocycles. The SMILES string of the molecule is O=C(O)c1nn(-c2cccc(Br)c2)c2c1CN(C1COC1)CC2. The van der Waals surface area contributed by atoms with Gasteiger partial charge in [-0.05, 0) is 18.2 Å². The Bertz CT molecular complexity index is 770. The number of hydrogen-bond donors (Lipinski definition) is 1. The molecule has 1 saturated heterocycles. The fourth-order valence-electron chi connectivity index (χ4n) is 3.18. The minimum atomic E-state index is -0.971. The standard InChI is InChI=1S/C16H16BrN3O3/c17-10-2-1-3-11(6-10)20-14-4-5-19(12-8-23-9-12)7-13(14)15(18-20)16(21)22/h1-3,6,12H,4-5,7-9H2,(H,21,22). The van der Waals surface area contributed by atoms with Gasteiger partial charge in [-0.1, -0.05) is 22.0 Å². The lowest BCUT2D eigenvalue weighted by Crippen LogP contribution is -2.50. The lowest BCUT2D eigenvalue weighted by Gasteiger charge is -2.39. The van der Waals surface area contributed by atoms with E-state index < -0.39 is 5.97 Å². The molecule has 0 spiro atoms. The molecular weight excluding hydrogens is 362 g/mol. The van der Waals surface area contributed by atoms with Crippen molar-refractivity contribution in [1.82, 2.24) is 14.7 Å². The summed E-state index contributed by atoms with van der Waals surface area (Å²) in [6.07, 6.45) is 0.790. The van der Waals surface area contributed by atoms with Crippen LogP contribution in [0.2, 0.25) is 0 Å². The van der Waals surface area contributed by atoms with E-state index in [-0.39, 0.29) is 5.69 Å². The maximum atomic E-state index is 11.6. The highest BCUT2D eigenvalue weighted by atomic mass is 79.9. The third-order valence-electron chi connectivity index (χ3n) is 4.48. The van der Waals surface area contributed by atoms with Crippen LogP contribution in [-0.2, 0) is 17.7 Å². The number of rotatable bonds is 3. The highest BCUT2D eigenvalue weighted by Crippen LogP contribution is 2.28. The number of aromatic nitrogens is 2. The fourth-order valence-corrected chi connectivity index (χ4v) is 3.57. The Hall–Kier alpha value is -1.70. The minimum absolute atomic E-state index is 0.157. The molecule has 2 aromatic rings. The molecule has 23 heavy (non-hydrogen) atoms. The smallest absolute Gasteiger partial charge is 0.356 e. The molecule has 4 rings (SSSR count). The summed E-state index contributed by atoms with van der Waals surface area (Å²) in [5.41, 5.74) is 2.86. The van der Waals surface area contributed by atoms with Crippen molar-refractivity contribution in [3.63, 3.8) is 0 Å². The molecule has 0 saturated carbocycles. The zero-order valence-electron chi connectivity index (χ0n) is 12.4. The molecule has 1 aromatic heterocycles. The van der Waals surface area contributed by atoms with Crippen molar-refractivity contribution >= 4 is 21.9 Å². The molecule has 0 bridgehead atoms. The zero-order chi connectivity index (χ0) is 16.0. The molecule has 2 aliphatic rings. The third-order valence-corrected chi connectivity index (χ3v) is 4.97. The van der Waals surface area contributed by atoms with E-state index in [1.165, 1.54) is 0 Å². The lowest BCUT2D eigenvalue weighted by atomic mass is 10.0. The summed E-state index contributed by atoms with van der Waals surface area (Å²) in [5, 5.41) is 13.9. The van der Waals surface area contributed by atoms with E-state index in [0.717, 1.165) is 47.6 Å². The van der Waals surface area contributed by atoms with Crippen molar-refractivity contribution in [3.05, 3.63) is 45.7 Å². The average molecular weight is 378 g/mol. The van der Waals surface area contributed by atoms with E-state index >= 15 is 0 Å². The van der Waals surface area contributed by atoms with Gasteiger partial charge in [0.25, 0.3) is 0 Å². The van der Waals surface area contributed by atoms with Gasteiger partial charge in [0, 0.05) is 29.5 Å². The maximum absolute atomic E-state index is 11.6. The number of carboxylic acid groups (broad SMARTS) is 1. The molecule has 2 aliphatic heterocycles. The summed E-state index contributed by atoms with van der Waals surface area (Å²) in [5.74, 6) is -0.971. The van der Waals surface area contributed by atoms with E-state index in [0.29, 0.717) is 12.6 Å². The quantitative estimate of drug-likeness (QED) is 0.886. The van der Waals surface area contributed by atoms with Gasteiger partial charge in [0.2, 0.25) is 0 Å². The van der Waals surface area contributed by atoms with E-state index in [1.807, 2.05) is 24.3 Å². The Balaban J connectivity index is 1.76. The van der Waals surface area contributed by atoms with Gasteiger partial charge in [0.05, 0.1) is 30.6 Å². The molecule has 0 aliphatic carbocycles. The summed E-state index contributed by atoms with van der Waals surface area (Å²) in [4.78, 5) is 13.9. The first-order valence-corrected chi connectivity index (χ1v) is 8.34.